The lowest BCUT2D eigenvalue weighted by molar-refractivity contribution is -0.157. The Hall–Kier alpha value is -1.65. The number of carbonyl (C=O) groups excluding carboxylic acids is 3. The molecule has 0 aromatic rings. The SMILES string of the molecule is C=C(C(C)=O)C(=O)OCC(=O)OCCCCC. The van der Waals surface area contributed by atoms with Crippen LogP contribution in [-0.4, -0.2) is 30.9 Å². The molecule has 0 atom stereocenters. The van der Waals surface area contributed by atoms with Gasteiger partial charge in [-0.3, -0.25) is 4.79 Å². The van der Waals surface area contributed by atoms with Crippen molar-refractivity contribution < 1.29 is 23.9 Å². The van der Waals surface area contributed by atoms with Gasteiger partial charge >= 0.3 is 11.9 Å². The molecule has 0 saturated heterocycles. The Morgan fingerprint density at radius 3 is 2.29 bits per heavy atom. The number of carbonyl (C=O) groups is 3. The molecule has 0 radical (unpaired) electrons. The van der Waals surface area contributed by atoms with E-state index in [0.717, 1.165) is 19.3 Å². The van der Waals surface area contributed by atoms with E-state index in [0.29, 0.717) is 6.61 Å². The Morgan fingerprint density at radius 2 is 1.76 bits per heavy atom. The zero-order chi connectivity index (χ0) is 13.3. The Balaban J connectivity index is 3.73. The average Bonchev–Trinajstić information content (AvgIpc) is 2.30. The molecule has 0 N–H and O–H groups in total. The third-order valence-electron chi connectivity index (χ3n) is 2.00. The number of Topliss-reactive ketones (excluding diaryl/α,β-unsaturated/α-hetero) is 1. The van der Waals surface area contributed by atoms with Gasteiger partial charge in [0.25, 0.3) is 0 Å². The topological polar surface area (TPSA) is 69.7 Å². The summed E-state index contributed by atoms with van der Waals surface area (Å²) in [5.41, 5.74) is -0.274. The van der Waals surface area contributed by atoms with Gasteiger partial charge in [-0.15, -0.1) is 0 Å². The first-order valence-electron chi connectivity index (χ1n) is 5.51. The van der Waals surface area contributed by atoms with Crippen LogP contribution in [0.25, 0.3) is 0 Å². The van der Waals surface area contributed by atoms with Crippen LogP contribution in [-0.2, 0) is 23.9 Å². The van der Waals surface area contributed by atoms with E-state index in [4.69, 9.17) is 4.74 Å². The minimum absolute atomic E-state index is 0.274. The van der Waals surface area contributed by atoms with E-state index in [9.17, 15) is 14.4 Å². The number of hydrogen-bond acceptors (Lipinski definition) is 5. The fraction of sp³-hybridized carbons (Fsp3) is 0.583. The third-order valence-corrected chi connectivity index (χ3v) is 2.00. The van der Waals surface area contributed by atoms with Crippen molar-refractivity contribution in [1.82, 2.24) is 0 Å². The number of ether oxygens (including phenoxy) is 2. The van der Waals surface area contributed by atoms with Crippen LogP contribution in [0.2, 0.25) is 0 Å². The van der Waals surface area contributed by atoms with E-state index >= 15 is 0 Å². The molecular weight excluding hydrogens is 224 g/mol. The molecule has 0 aromatic carbocycles. The van der Waals surface area contributed by atoms with E-state index in [1.54, 1.807) is 0 Å². The van der Waals surface area contributed by atoms with Gasteiger partial charge in [-0.1, -0.05) is 26.3 Å². The van der Waals surface area contributed by atoms with Gasteiger partial charge < -0.3 is 9.47 Å². The summed E-state index contributed by atoms with van der Waals surface area (Å²) < 4.78 is 9.35. The molecule has 0 bridgehead atoms. The molecule has 96 valence electrons. The molecule has 5 nitrogen and oxygen atoms in total. The normalized spacial score (nSPS) is 9.53. The van der Waals surface area contributed by atoms with Crippen LogP contribution in [0.4, 0.5) is 0 Å². The van der Waals surface area contributed by atoms with Crippen molar-refractivity contribution in [3.8, 4) is 0 Å². The van der Waals surface area contributed by atoms with Crippen molar-refractivity contribution in [2.45, 2.75) is 33.1 Å². The van der Waals surface area contributed by atoms with Crippen molar-refractivity contribution in [2.24, 2.45) is 0 Å². The minimum atomic E-state index is -0.886. The van der Waals surface area contributed by atoms with Gasteiger partial charge in [0.05, 0.1) is 12.2 Å². The highest BCUT2D eigenvalue weighted by Gasteiger charge is 2.15. The van der Waals surface area contributed by atoms with Gasteiger partial charge in [-0.2, -0.15) is 0 Å². The highest BCUT2D eigenvalue weighted by molar-refractivity contribution is 6.15. The summed E-state index contributed by atoms with van der Waals surface area (Å²) in [7, 11) is 0. The fourth-order valence-corrected chi connectivity index (χ4v) is 0.935. The molecule has 5 heteroatoms. The predicted octanol–water partition coefficient (Wildman–Crippen LogP) is 1.41. The van der Waals surface area contributed by atoms with Crippen LogP contribution in [0, 0.1) is 0 Å². The second-order valence-corrected chi connectivity index (χ2v) is 3.54. The first kappa shape index (κ1) is 15.3. The number of esters is 2. The average molecular weight is 242 g/mol. The lowest BCUT2D eigenvalue weighted by atomic mass is 10.2. The molecule has 0 aliphatic carbocycles. The summed E-state index contributed by atoms with van der Waals surface area (Å²) in [4.78, 5) is 33.0. The van der Waals surface area contributed by atoms with Gasteiger partial charge in [0.1, 0.15) is 0 Å². The highest BCUT2D eigenvalue weighted by Crippen LogP contribution is 1.98. The van der Waals surface area contributed by atoms with Gasteiger partial charge in [0.15, 0.2) is 12.4 Å². The van der Waals surface area contributed by atoms with Gasteiger partial charge in [-0.05, 0) is 13.3 Å². The molecule has 0 aliphatic rings. The zero-order valence-electron chi connectivity index (χ0n) is 10.3. The van der Waals surface area contributed by atoms with E-state index in [2.05, 4.69) is 11.3 Å². The van der Waals surface area contributed by atoms with Crippen LogP contribution in [0.3, 0.4) is 0 Å². The van der Waals surface area contributed by atoms with E-state index in [1.807, 2.05) is 6.92 Å². The molecule has 0 saturated carbocycles. The molecule has 0 fully saturated rings. The van der Waals surface area contributed by atoms with Crippen LogP contribution in [0.15, 0.2) is 12.2 Å². The van der Waals surface area contributed by atoms with Crippen molar-refractivity contribution in [3.63, 3.8) is 0 Å². The maximum absolute atomic E-state index is 11.1. The smallest absolute Gasteiger partial charge is 0.344 e. The Morgan fingerprint density at radius 1 is 1.12 bits per heavy atom. The van der Waals surface area contributed by atoms with Crippen LogP contribution < -0.4 is 0 Å². The molecule has 0 unspecified atom stereocenters. The monoisotopic (exact) mass is 242 g/mol. The van der Waals surface area contributed by atoms with Crippen LogP contribution in [0.1, 0.15) is 33.1 Å². The van der Waals surface area contributed by atoms with Crippen molar-refractivity contribution in [2.75, 3.05) is 13.2 Å². The zero-order valence-corrected chi connectivity index (χ0v) is 10.3. The molecule has 0 aromatic heterocycles. The van der Waals surface area contributed by atoms with E-state index in [1.165, 1.54) is 6.92 Å². The number of ketones is 1. The number of unbranched alkanes of at least 4 members (excludes halogenated alkanes) is 2. The lowest BCUT2D eigenvalue weighted by Crippen LogP contribution is -2.19. The molecule has 0 aliphatic heterocycles. The molecule has 0 amide bonds. The maximum atomic E-state index is 11.1. The van der Waals surface area contributed by atoms with Crippen molar-refractivity contribution in [1.29, 1.82) is 0 Å². The first-order valence-corrected chi connectivity index (χ1v) is 5.51. The number of rotatable bonds is 8. The highest BCUT2D eigenvalue weighted by atomic mass is 16.6. The second kappa shape index (κ2) is 8.50. The summed E-state index contributed by atoms with van der Waals surface area (Å²) in [6, 6.07) is 0. The molecular formula is C12H18O5. The largest absolute Gasteiger partial charge is 0.463 e. The maximum Gasteiger partial charge on any atom is 0.344 e. The van der Waals surface area contributed by atoms with E-state index < -0.39 is 24.3 Å². The molecule has 17 heavy (non-hydrogen) atoms. The summed E-state index contributed by atoms with van der Waals surface area (Å²) in [6.07, 6.45) is 2.80. The summed E-state index contributed by atoms with van der Waals surface area (Å²) in [6.45, 7) is 6.31. The van der Waals surface area contributed by atoms with Crippen LogP contribution in [0.5, 0.6) is 0 Å². The summed E-state index contributed by atoms with van der Waals surface area (Å²) in [5.74, 6) is -1.99. The van der Waals surface area contributed by atoms with Gasteiger partial charge in [-0.25, -0.2) is 9.59 Å². The lowest BCUT2D eigenvalue weighted by Gasteiger charge is -2.05. The van der Waals surface area contributed by atoms with Crippen molar-refractivity contribution >= 4 is 17.7 Å². The fourth-order valence-electron chi connectivity index (χ4n) is 0.935. The third kappa shape index (κ3) is 7.27. The van der Waals surface area contributed by atoms with E-state index in [-0.39, 0.29) is 5.57 Å². The molecule has 0 rings (SSSR count). The summed E-state index contributed by atoms with van der Waals surface area (Å²) >= 11 is 0. The molecule has 0 spiro atoms. The molecule has 0 heterocycles. The minimum Gasteiger partial charge on any atom is -0.463 e. The second-order valence-electron chi connectivity index (χ2n) is 3.54. The number of hydrogen-bond donors (Lipinski definition) is 0. The Kier molecular flexibility index (Phi) is 7.67. The van der Waals surface area contributed by atoms with Crippen LogP contribution >= 0.6 is 0 Å². The Labute approximate surface area is 101 Å². The predicted molar refractivity (Wildman–Crippen MR) is 61.3 cm³/mol. The quantitative estimate of drug-likeness (QED) is 0.211. The first-order chi connectivity index (χ1) is 7.99. The van der Waals surface area contributed by atoms with Crippen molar-refractivity contribution in [3.05, 3.63) is 12.2 Å². The summed E-state index contributed by atoms with van der Waals surface area (Å²) in [5, 5.41) is 0. The Bertz CT molecular complexity index is 306. The standard InChI is InChI=1S/C12H18O5/c1-4-5-6-7-16-11(14)8-17-12(15)9(2)10(3)13/h2,4-8H2,1,3H3. The van der Waals surface area contributed by atoms with Gasteiger partial charge in [0.2, 0.25) is 0 Å². The van der Waals surface area contributed by atoms with Gasteiger partial charge in [0, 0.05) is 0 Å².